The highest BCUT2D eigenvalue weighted by molar-refractivity contribution is 5.97. The zero-order chi connectivity index (χ0) is 24.4. The fourth-order valence-corrected chi connectivity index (χ4v) is 4.39. The van der Waals surface area contributed by atoms with Gasteiger partial charge in [-0.1, -0.05) is 18.2 Å². The maximum Gasteiger partial charge on any atom is 0.337 e. The molecule has 5 rings (SSSR count). The molecule has 35 heavy (non-hydrogen) atoms. The van der Waals surface area contributed by atoms with E-state index in [2.05, 4.69) is 4.90 Å². The van der Waals surface area contributed by atoms with Crippen molar-refractivity contribution in [1.82, 2.24) is 9.88 Å². The lowest BCUT2D eigenvalue weighted by molar-refractivity contribution is 0.0600. The van der Waals surface area contributed by atoms with Crippen LogP contribution in [0.15, 0.2) is 78.9 Å². The Morgan fingerprint density at radius 3 is 2.26 bits per heavy atom. The number of carbonyl (C=O) groups excluding carboxylic acids is 2. The molecule has 4 aromatic rings. The summed E-state index contributed by atoms with van der Waals surface area (Å²) in [6, 6.07) is 22.8. The van der Waals surface area contributed by atoms with Gasteiger partial charge in [0.05, 0.1) is 29.6 Å². The number of pyridine rings is 1. The van der Waals surface area contributed by atoms with Crippen LogP contribution in [0.4, 0.5) is 10.1 Å². The van der Waals surface area contributed by atoms with Crippen LogP contribution in [0.1, 0.15) is 20.7 Å². The molecule has 3 aromatic carbocycles. The number of piperazine rings is 1. The van der Waals surface area contributed by atoms with E-state index in [0.717, 1.165) is 27.8 Å². The van der Waals surface area contributed by atoms with Gasteiger partial charge in [-0.15, -0.1) is 0 Å². The Balaban J connectivity index is 1.49. The van der Waals surface area contributed by atoms with Crippen molar-refractivity contribution in [3.05, 3.63) is 95.8 Å². The SMILES string of the molecule is COC(=O)c1ccc2nc(-c3ccc(F)cc3)c(N3CCN(C(=O)c4ccccc4)CC3)cc2c1. The maximum atomic E-state index is 13.6. The number of esters is 1. The van der Waals surface area contributed by atoms with Gasteiger partial charge in [0, 0.05) is 42.7 Å². The number of hydrogen-bond acceptors (Lipinski definition) is 5. The van der Waals surface area contributed by atoms with Gasteiger partial charge in [-0.25, -0.2) is 14.2 Å². The molecule has 0 aliphatic carbocycles. The topological polar surface area (TPSA) is 62.7 Å². The number of nitrogens with zero attached hydrogens (tertiary/aromatic N) is 3. The molecular formula is C28H24FN3O3. The fraction of sp³-hybridized carbons (Fsp3) is 0.179. The van der Waals surface area contributed by atoms with Crippen molar-refractivity contribution in [1.29, 1.82) is 0 Å². The Labute approximate surface area is 202 Å². The van der Waals surface area contributed by atoms with Gasteiger partial charge in [0.25, 0.3) is 5.91 Å². The van der Waals surface area contributed by atoms with Crippen LogP contribution >= 0.6 is 0 Å². The summed E-state index contributed by atoms with van der Waals surface area (Å²) in [6.07, 6.45) is 0. The monoisotopic (exact) mass is 469 g/mol. The lowest BCUT2D eigenvalue weighted by Gasteiger charge is -2.37. The van der Waals surface area contributed by atoms with Crippen molar-refractivity contribution in [3.8, 4) is 11.3 Å². The van der Waals surface area contributed by atoms with E-state index >= 15 is 0 Å². The second-order valence-corrected chi connectivity index (χ2v) is 8.41. The van der Waals surface area contributed by atoms with Crippen LogP contribution in [-0.4, -0.2) is 55.0 Å². The minimum absolute atomic E-state index is 0.0170. The molecule has 0 unspecified atom stereocenters. The van der Waals surface area contributed by atoms with E-state index in [0.29, 0.717) is 37.3 Å². The average molecular weight is 470 g/mol. The van der Waals surface area contributed by atoms with Crippen LogP contribution in [0.2, 0.25) is 0 Å². The Morgan fingerprint density at radius 2 is 1.57 bits per heavy atom. The lowest BCUT2D eigenvalue weighted by atomic mass is 10.0. The molecule has 1 amide bonds. The van der Waals surface area contributed by atoms with E-state index in [1.807, 2.05) is 41.3 Å². The van der Waals surface area contributed by atoms with Gasteiger partial charge in [-0.2, -0.15) is 0 Å². The first-order valence-corrected chi connectivity index (χ1v) is 11.4. The number of halogens is 1. The van der Waals surface area contributed by atoms with Crippen molar-refractivity contribution in [2.45, 2.75) is 0 Å². The highest BCUT2D eigenvalue weighted by atomic mass is 19.1. The van der Waals surface area contributed by atoms with Gasteiger partial charge in [0.15, 0.2) is 0 Å². The minimum Gasteiger partial charge on any atom is -0.465 e. The second kappa shape index (κ2) is 9.54. The average Bonchev–Trinajstić information content (AvgIpc) is 2.92. The van der Waals surface area contributed by atoms with E-state index in [1.54, 1.807) is 30.3 Å². The maximum absolute atomic E-state index is 13.6. The molecule has 1 saturated heterocycles. The molecule has 0 radical (unpaired) electrons. The summed E-state index contributed by atoms with van der Waals surface area (Å²) in [5, 5.41) is 0.802. The molecule has 1 fully saturated rings. The van der Waals surface area contributed by atoms with E-state index in [1.165, 1.54) is 19.2 Å². The number of ether oxygens (including phenoxy) is 1. The number of amides is 1. The quantitative estimate of drug-likeness (QED) is 0.402. The third kappa shape index (κ3) is 4.57. The normalized spacial score (nSPS) is 13.7. The highest BCUT2D eigenvalue weighted by Crippen LogP contribution is 2.33. The molecule has 0 saturated carbocycles. The first-order valence-electron chi connectivity index (χ1n) is 11.4. The number of rotatable bonds is 4. The number of anilines is 1. The minimum atomic E-state index is -0.413. The molecular weight excluding hydrogens is 445 g/mol. The Hall–Kier alpha value is -4.26. The summed E-state index contributed by atoms with van der Waals surface area (Å²) in [4.78, 5) is 33.9. The zero-order valence-corrected chi connectivity index (χ0v) is 19.3. The van der Waals surface area contributed by atoms with Crippen molar-refractivity contribution >= 4 is 28.5 Å². The molecule has 1 aliphatic heterocycles. The van der Waals surface area contributed by atoms with Crippen molar-refractivity contribution in [2.24, 2.45) is 0 Å². The number of methoxy groups -OCH3 is 1. The number of carbonyl (C=O) groups is 2. The van der Waals surface area contributed by atoms with Gasteiger partial charge in [-0.3, -0.25) is 4.79 Å². The van der Waals surface area contributed by atoms with Crippen molar-refractivity contribution < 1.29 is 18.7 Å². The lowest BCUT2D eigenvalue weighted by Crippen LogP contribution is -2.49. The standard InChI is InChI=1S/C28H24FN3O3/c1-35-28(34)21-9-12-24-22(17-21)18-25(26(30-24)19-7-10-23(29)11-8-19)31-13-15-32(16-14-31)27(33)20-5-3-2-4-6-20/h2-12,17-18H,13-16H2,1H3. The predicted octanol–water partition coefficient (Wildman–Crippen LogP) is 4.79. The van der Waals surface area contributed by atoms with Gasteiger partial charge >= 0.3 is 5.97 Å². The largest absolute Gasteiger partial charge is 0.465 e. The smallest absolute Gasteiger partial charge is 0.337 e. The molecule has 176 valence electrons. The highest BCUT2D eigenvalue weighted by Gasteiger charge is 2.25. The van der Waals surface area contributed by atoms with E-state index < -0.39 is 5.97 Å². The molecule has 1 aliphatic rings. The van der Waals surface area contributed by atoms with Crippen LogP contribution in [0, 0.1) is 5.82 Å². The van der Waals surface area contributed by atoms with Crippen LogP contribution in [0.25, 0.3) is 22.2 Å². The van der Waals surface area contributed by atoms with Crippen LogP contribution in [0.3, 0.4) is 0 Å². The summed E-state index contributed by atoms with van der Waals surface area (Å²) in [5.41, 5.74) is 4.24. The van der Waals surface area contributed by atoms with Gasteiger partial charge in [0.2, 0.25) is 0 Å². The predicted molar refractivity (Wildman–Crippen MR) is 133 cm³/mol. The van der Waals surface area contributed by atoms with Gasteiger partial charge in [0.1, 0.15) is 5.82 Å². The molecule has 2 heterocycles. The summed E-state index contributed by atoms with van der Waals surface area (Å²) in [6.45, 7) is 2.38. The number of benzene rings is 3. The number of fused-ring (bicyclic) bond motifs is 1. The number of aromatic nitrogens is 1. The Bertz CT molecular complexity index is 1380. The molecule has 6 nitrogen and oxygen atoms in total. The molecule has 0 N–H and O–H groups in total. The van der Waals surface area contributed by atoms with Gasteiger partial charge < -0.3 is 14.5 Å². The third-order valence-corrected chi connectivity index (χ3v) is 6.26. The number of hydrogen-bond donors (Lipinski definition) is 0. The van der Waals surface area contributed by atoms with Crippen LogP contribution < -0.4 is 4.90 Å². The third-order valence-electron chi connectivity index (χ3n) is 6.26. The van der Waals surface area contributed by atoms with E-state index in [-0.39, 0.29) is 11.7 Å². The zero-order valence-electron chi connectivity index (χ0n) is 19.3. The molecule has 0 atom stereocenters. The Kier molecular flexibility index (Phi) is 6.14. The van der Waals surface area contributed by atoms with E-state index in [9.17, 15) is 14.0 Å². The Morgan fingerprint density at radius 1 is 0.857 bits per heavy atom. The first kappa shape index (κ1) is 22.5. The summed E-state index contributed by atoms with van der Waals surface area (Å²) < 4.78 is 18.5. The molecule has 0 spiro atoms. The van der Waals surface area contributed by atoms with E-state index in [4.69, 9.17) is 9.72 Å². The molecule has 1 aromatic heterocycles. The molecule has 7 heteroatoms. The van der Waals surface area contributed by atoms with Crippen molar-refractivity contribution in [3.63, 3.8) is 0 Å². The summed E-state index contributed by atoms with van der Waals surface area (Å²) >= 11 is 0. The van der Waals surface area contributed by atoms with Crippen LogP contribution in [-0.2, 0) is 4.74 Å². The summed E-state index contributed by atoms with van der Waals surface area (Å²) in [5.74, 6) is -0.709. The van der Waals surface area contributed by atoms with Crippen molar-refractivity contribution in [2.75, 3.05) is 38.2 Å². The second-order valence-electron chi connectivity index (χ2n) is 8.41. The molecule has 0 bridgehead atoms. The van der Waals surface area contributed by atoms with Gasteiger partial charge in [-0.05, 0) is 60.7 Å². The summed E-state index contributed by atoms with van der Waals surface area (Å²) in [7, 11) is 1.35. The first-order chi connectivity index (χ1) is 17.0. The van der Waals surface area contributed by atoms with Crippen LogP contribution in [0.5, 0.6) is 0 Å². The fourth-order valence-electron chi connectivity index (χ4n) is 4.39.